The number of urea groups is 1. The Hall–Kier alpha value is -2.04. The summed E-state index contributed by atoms with van der Waals surface area (Å²) in [5.41, 5.74) is 2.31. The Morgan fingerprint density at radius 3 is 2.52 bits per heavy atom. The van der Waals surface area contributed by atoms with Gasteiger partial charge >= 0.3 is 6.03 Å². The maximum absolute atomic E-state index is 12.2. The quantitative estimate of drug-likeness (QED) is 0.876. The Kier molecular flexibility index (Phi) is 6.44. The molecule has 1 aliphatic rings. The number of benzene rings is 1. The molecule has 0 radical (unpaired) electrons. The Balaban J connectivity index is 1.75. The van der Waals surface area contributed by atoms with Gasteiger partial charge in [-0.3, -0.25) is 4.79 Å². The van der Waals surface area contributed by atoms with Crippen molar-refractivity contribution in [1.82, 2.24) is 15.5 Å². The minimum Gasteiger partial charge on any atom is -0.356 e. The SMILES string of the molecule is CCCNC(=O)C1CCN(C(=O)NCc2ccccc2C)CC1. The van der Waals surface area contributed by atoms with Gasteiger partial charge in [-0.1, -0.05) is 31.2 Å². The number of carbonyl (C=O) groups excluding carboxylic acids is 2. The van der Waals surface area contributed by atoms with Gasteiger partial charge in [0.15, 0.2) is 0 Å². The lowest BCUT2D eigenvalue weighted by Gasteiger charge is -2.31. The first-order valence-electron chi connectivity index (χ1n) is 8.46. The van der Waals surface area contributed by atoms with Crippen molar-refractivity contribution in [2.75, 3.05) is 19.6 Å². The van der Waals surface area contributed by atoms with Gasteiger partial charge in [0.25, 0.3) is 0 Å². The molecule has 1 aliphatic heterocycles. The molecule has 1 heterocycles. The predicted octanol–water partition coefficient (Wildman–Crippen LogP) is 2.44. The number of hydrogen-bond donors (Lipinski definition) is 2. The first-order chi connectivity index (χ1) is 11.1. The number of nitrogens with one attached hydrogen (secondary N) is 2. The van der Waals surface area contributed by atoms with Crippen LogP contribution in [0.2, 0.25) is 0 Å². The van der Waals surface area contributed by atoms with Crippen LogP contribution in [0.5, 0.6) is 0 Å². The van der Waals surface area contributed by atoms with Crippen LogP contribution in [0.25, 0.3) is 0 Å². The van der Waals surface area contributed by atoms with Crippen LogP contribution >= 0.6 is 0 Å². The van der Waals surface area contributed by atoms with Crippen LogP contribution in [-0.4, -0.2) is 36.5 Å². The number of hydrogen-bond acceptors (Lipinski definition) is 2. The van der Waals surface area contributed by atoms with Crippen LogP contribution in [0.4, 0.5) is 4.79 Å². The minimum absolute atomic E-state index is 0.0410. The normalized spacial score (nSPS) is 15.3. The average molecular weight is 317 g/mol. The van der Waals surface area contributed by atoms with E-state index < -0.39 is 0 Å². The van der Waals surface area contributed by atoms with Crippen LogP contribution in [0.1, 0.15) is 37.3 Å². The van der Waals surface area contributed by atoms with Gasteiger partial charge in [0.2, 0.25) is 5.91 Å². The monoisotopic (exact) mass is 317 g/mol. The van der Waals surface area contributed by atoms with E-state index in [1.807, 2.05) is 43.0 Å². The molecule has 2 N–H and O–H groups in total. The van der Waals surface area contributed by atoms with Crippen molar-refractivity contribution >= 4 is 11.9 Å². The summed E-state index contributed by atoms with van der Waals surface area (Å²) in [6.45, 7) is 6.65. The van der Waals surface area contributed by atoms with Crippen LogP contribution in [-0.2, 0) is 11.3 Å². The molecule has 0 unspecified atom stereocenters. The molecule has 0 bridgehead atoms. The number of aryl methyl sites for hydroxylation is 1. The minimum atomic E-state index is -0.0410. The van der Waals surface area contributed by atoms with E-state index in [4.69, 9.17) is 0 Å². The highest BCUT2D eigenvalue weighted by Crippen LogP contribution is 2.17. The van der Waals surface area contributed by atoms with E-state index >= 15 is 0 Å². The Morgan fingerprint density at radius 2 is 1.87 bits per heavy atom. The fourth-order valence-electron chi connectivity index (χ4n) is 2.83. The third kappa shape index (κ3) is 4.98. The Bertz CT molecular complexity index is 537. The van der Waals surface area contributed by atoms with E-state index in [0.29, 0.717) is 19.6 Å². The van der Waals surface area contributed by atoms with Gasteiger partial charge in [-0.05, 0) is 37.3 Å². The molecule has 1 fully saturated rings. The van der Waals surface area contributed by atoms with Crippen molar-refractivity contribution in [3.8, 4) is 0 Å². The molecule has 5 nitrogen and oxygen atoms in total. The van der Waals surface area contributed by atoms with Gasteiger partial charge in [-0.2, -0.15) is 0 Å². The van der Waals surface area contributed by atoms with Gasteiger partial charge in [-0.15, -0.1) is 0 Å². The third-order valence-corrected chi connectivity index (χ3v) is 4.39. The Morgan fingerprint density at radius 1 is 1.17 bits per heavy atom. The topological polar surface area (TPSA) is 61.4 Å². The first-order valence-corrected chi connectivity index (χ1v) is 8.46. The van der Waals surface area contributed by atoms with Gasteiger partial charge < -0.3 is 15.5 Å². The maximum atomic E-state index is 12.2. The van der Waals surface area contributed by atoms with Crippen LogP contribution in [0, 0.1) is 12.8 Å². The summed E-state index contributed by atoms with van der Waals surface area (Å²) in [6, 6.07) is 8.01. The van der Waals surface area contributed by atoms with Gasteiger partial charge in [0.05, 0.1) is 0 Å². The number of rotatable bonds is 5. The lowest BCUT2D eigenvalue weighted by molar-refractivity contribution is -0.126. The van der Waals surface area contributed by atoms with E-state index in [2.05, 4.69) is 10.6 Å². The molecular formula is C18H27N3O2. The molecule has 2 rings (SSSR count). The second kappa shape index (κ2) is 8.56. The summed E-state index contributed by atoms with van der Waals surface area (Å²) in [7, 11) is 0. The highest BCUT2D eigenvalue weighted by molar-refractivity contribution is 5.79. The molecule has 0 atom stereocenters. The fraction of sp³-hybridized carbons (Fsp3) is 0.556. The van der Waals surface area contributed by atoms with Crippen LogP contribution in [0.3, 0.4) is 0 Å². The van der Waals surface area contributed by atoms with Crippen molar-refractivity contribution in [2.24, 2.45) is 5.92 Å². The molecule has 0 spiro atoms. The zero-order valence-corrected chi connectivity index (χ0v) is 14.1. The molecule has 23 heavy (non-hydrogen) atoms. The molecule has 3 amide bonds. The zero-order valence-electron chi connectivity index (χ0n) is 14.1. The maximum Gasteiger partial charge on any atom is 0.317 e. The fourth-order valence-corrected chi connectivity index (χ4v) is 2.83. The highest BCUT2D eigenvalue weighted by Gasteiger charge is 2.26. The first kappa shape index (κ1) is 17.3. The van der Waals surface area contributed by atoms with Crippen molar-refractivity contribution < 1.29 is 9.59 Å². The molecule has 126 valence electrons. The molecule has 1 aromatic rings. The molecule has 0 aliphatic carbocycles. The molecule has 0 saturated carbocycles. The predicted molar refractivity (Wildman–Crippen MR) is 91.0 cm³/mol. The van der Waals surface area contributed by atoms with Crippen molar-refractivity contribution in [3.63, 3.8) is 0 Å². The smallest absolute Gasteiger partial charge is 0.317 e. The molecule has 5 heteroatoms. The highest BCUT2D eigenvalue weighted by atomic mass is 16.2. The summed E-state index contributed by atoms with van der Waals surface area (Å²) in [4.78, 5) is 26.0. The van der Waals surface area contributed by atoms with E-state index in [1.54, 1.807) is 0 Å². The third-order valence-electron chi connectivity index (χ3n) is 4.39. The van der Waals surface area contributed by atoms with E-state index in [0.717, 1.165) is 31.4 Å². The standard InChI is InChI=1S/C18H27N3O2/c1-3-10-19-17(22)15-8-11-21(12-9-15)18(23)20-13-16-7-5-4-6-14(16)2/h4-7,15H,3,8-13H2,1-2H3,(H,19,22)(H,20,23). The van der Waals surface area contributed by atoms with Crippen molar-refractivity contribution in [3.05, 3.63) is 35.4 Å². The summed E-state index contributed by atoms with van der Waals surface area (Å²) in [5, 5.41) is 5.92. The number of amides is 3. The van der Waals surface area contributed by atoms with E-state index in [9.17, 15) is 9.59 Å². The number of piperidine rings is 1. The summed E-state index contributed by atoms with van der Waals surface area (Å²) < 4.78 is 0. The van der Waals surface area contributed by atoms with Crippen LogP contribution < -0.4 is 10.6 Å². The van der Waals surface area contributed by atoms with Gasteiger partial charge in [-0.25, -0.2) is 4.79 Å². The molecule has 1 saturated heterocycles. The summed E-state index contributed by atoms with van der Waals surface area (Å²) >= 11 is 0. The van der Waals surface area contributed by atoms with E-state index in [1.165, 1.54) is 5.56 Å². The number of carbonyl (C=O) groups is 2. The van der Waals surface area contributed by atoms with Crippen molar-refractivity contribution in [2.45, 2.75) is 39.7 Å². The zero-order chi connectivity index (χ0) is 16.7. The number of likely N-dealkylation sites (tertiary alicyclic amines) is 1. The second-order valence-corrected chi connectivity index (χ2v) is 6.14. The number of nitrogens with zero attached hydrogens (tertiary/aromatic N) is 1. The van der Waals surface area contributed by atoms with Crippen molar-refractivity contribution in [1.29, 1.82) is 0 Å². The van der Waals surface area contributed by atoms with Gasteiger partial charge in [0.1, 0.15) is 0 Å². The lowest BCUT2D eigenvalue weighted by Crippen LogP contribution is -2.46. The van der Waals surface area contributed by atoms with E-state index in [-0.39, 0.29) is 17.9 Å². The molecular weight excluding hydrogens is 290 g/mol. The molecule has 0 aromatic heterocycles. The summed E-state index contributed by atoms with van der Waals surface area (Å²) in [5.74, 6) is 0.175. The van der Waals surface area contributed by atoms with Gasteiger partial charge in [0, 0.05) is 32.1 Å². The van der Waals surface area contributed by atoms with Crippen LogP contribution in [0.15, 0.2) is 24.3 Å². The second-order valence-electron chi connectivity index (χ2n) is 6.14. The Labute approximate surface area is 138 Å². The largest absolute Gasteiger partial charge is 0.356 e. The summed E-state index contributed by atoms with van der Waals surface area (Å²) in [6.07, 6.45) is 2.44. The lowest BCUT2D eigenvalue weighted by atomic mass is 9.96. The molecule has 1 aromatic carbocycles. The average Bonchev–Trinajstić information content (AvgIpc) is 2.59.